The molecular formula is C23H17N5OS. The van der Waals surface area contributed by atoms with E-state index in [1.54, 1.807) is 11.8 Å². The van der Waals surface area contributed by atoms with E-state index in [0.717, 1.165) is 22.2 Å². The van der Waals surface area contributed by atoms with Crippen LogP contribution in [0.5, 0.6) is 0 Å². The number of nitrogens with zero attached hydrogens (tertiary/aromatic N) is 4. The van der Waals surface area contributed by atoms with Crippen LogP contribution in [0.4, 0.5) is 11.5 Å². The number of benzene rings is 3. The van der Waals surface area contributed by atoms with E-state index >= 15 is 0 Å². The molecule has 0 spiro atoms. The van der Waals surface area contributed by atoms with Crippen molar-refractivity contribution in [1.82, 2.24) is 20.2 Å². The lowest BCUT2D eigenvalue weighted by Gasteiger charge is -2.10. The second-order valence-electron chi connectivity index (χ2n) is 6.55. The molecule has 0 aliphatic carbocycles. The van der Waals surface area contributed by atoms with Crippen LogP contribution in [0.3, 0.4) is 0 Å². The third-order valence-electron chi connectivity index (χ3n) is 4.57. The van der Waals surface area contributed by atoms with Crippen molar-refractivity contribution in [3.63, 3.8) is 0 Å². The van der Waals surface area contributed by atoms with Crippen LogP contribution in [-0.2, 0) is 0 Å². The highest BCUT2D eigenvalue weighted by atomic mass is 32.2. The maximum atomic E-state index is 5.87. The fourth-order valence-corrected chi connectivity index (χ4v) is 3.58. The Morgan fingerprint density at radius 2 is 1.60 bits per heavy atom. The van der Waals surface area contributed by atoms with Gasteiger partial charge < -0.3 is 9.73 Å². The van der Waals surface area contributed by atoms with Gasteiger partial charge in [0.1, 0.15) is 5.82 Å². The Kier molecular flexibility index (Phi) is 4.86. The van der Waals surface area contributed by atoms with E-state index in [1.165, 1.54) is 4.90 Å². The molecule has 1 N–H and O–H groups in total. The lowest BCUT2D eigenvalue weighted by molar-refractivity contribution is 0.579. The molecule has 30 heavy (non-hydrogen) atoms. The quantitative estimate of drug-likeness (QED) is 0.366. The number of aromatic nitrogens is 4. The van der Waals surface area contributed by atoms with Gasteiger partial charge in [-0.05, 0) is 48.7 Å². The molecule has 6 nitrogen and oxygen atoms in total. The smallest absolute Gasteiger partial charge is 0.286 e. The third kappa shape index (κ3) is 3.62. The van der Waals surface area contributed by atoms with E-state index in [9.17, 15) is 0 Å². The van der Waals surface area contributed by atoms with Crippen molar-refractivity contribution >= 4 is 34.2 Å². The summed E-state index contributed by atoms with van der Waals surface area (Å²) in [4.78, 5) is 10.5. The molecule has 0 aliphatic rings. The summed E-state index contributed by atoms with van der Waals surface area (Å²) in [6, 6.07) is 25.7. The van der Waals surface area contributed by atoms with Gasteiger partial charge in [-0.15, -0.1) is 22.0 Å². The summed E-state index contributed by atoms with van der Waals surface area (Å²) in [6.07, 6.45) is 2.05. The molecule has 0 unspecified atom stereocenters. The number of rotatable bonds is 5. The predicted octanol–water partition coefficient (Wildman–Crippen LogP) is 5.81. The lowest BCUT2D eigenvalue weighted by atomic mass is 10.2. The molecule has 2 aromatic heterocycles. The first-order valence-corrected chi connectivity index (χ1v) is 10.6. The molecule has 7 heteroatoms. The van der Waals surface area contributed by atoms with Crippen molar-refractivity contribution in [3.8, 4) is 23.2 Å². The zero-order valence-corrected chi connectivity index (χ0v) is 16.9. The Hall–Kier alpha value is -3.71. The summed E-state index contributed by atoms with van der Waals surface area (Å²) in [5.41, 5.74) is 2.60. The van der Waals surface area contributed by atoms with Gasteiger partial charge in [-0.1, -0.05) is 36.4 Å². The molecule has 0 aliphatic heterocycles. The van der Waals surface area contributed by atoms with Crippen LogP contribution in [-0.4, -0.2) is 26.4 Å². The van der Waals surface area contributed by atoms with Crippen molar-refractivity contribution in [1.29, 1.82) is 0 Å². The van der Waals surface area contributed by atoms with E-state index in [2.05, 4.69) is 38.9 Å². The number of fused-ring (bicyclic) bond motifs is 1. The Balaban J connectivity index is 1.58. The normalized spacial score (nSPS) is 11.0. The number of thioether (sulfide) groups is 1. The first-order valence-electron chi connectivity index (χ1n) is 9.37. The first kappa shape index (κ1) is 18.3. The molecule has 5 aromatic rings. The number of nitrogens with one attached hydrogen (secondary N) is 1. The van der Waals surface area contributed by atoms with Crippen LogP contribution in [0.2, 0.25) is 0 Å². The molecular weight excluding hydrogens is 394 g/mol. The van der Waals surface area contributed by atoms with Gasteiger partial charge in [0.15, 0.2) is 0 Å². The van der Waals surface area contributed by atoms with Crippen molar-refractivity contribution in [3.05, 3.63) is 78.9 Å². The Morgan fingerprint density at radius 1 is 0.800 bits per heavy atom. The maximum absolute atomic E-state index is 5.87. The molecule has 0 fully saturated rings. The van der Waals surface area contributed by atoms with Crippen LogP contribution < -0.4 is 5.32 Å². The fraction of sp³-hybridized carbons (Fsp3) is 0.0435. The minimum atomic E-state index is 0.278. The summed E-state index contributed by atoms with van der Waals surface area (Å²) >= 11 is 1.69. The molecule has 3 aromatic carbocycles. The number of hydrogen-bond donors (Lipinski definition) is 1. The monoisotopic (exact) mass is 411 g/mol. The molecule has 146 valence electrons. The summed E-state index contributed by atoms with van der Waals surface area (Å²) < 4.78 is 5.87. The number of hydrogen-bond acceptors (Lipinski definition) is 7. The topological polar surface area (TPSA) is 76.7 Å². The standard InChI is InChI=1S/C23H17N5OS/c1-30-17-11-7-10-16(14-17)24-20-18-12-5-6-13-19(18)25-21(26-20)23-28-27-22(29-23)15-8-3-2-4-9-15/h2-14H,1H3,(H,24,25,26). The Bertz CT molecular complexity index is 1320. The van der Waals surface area contributed by atoms with E-state index in [4.69, 9.17) is 9.40 Å². The second kappa shape index (κ2) is 7.96. The van der Waals surface area contributed by atoms with E-state index < -0.39 is 0 Å². The van der Waals surface area contributed by atoms with Gasteiger partial charge in [-0.2, -0.15) is 0 Å². The van der Waals surface area contributed by atoms with E-state index in [0.29, 0.717) is 17.5 Å². The van der Waals surface area contributed by atoms with E-state index in [1.807, 2.05) is 66.7 Å². The average Bonchev–Trinajstić information content (AvgIpc) is 3.30. The number of anilines is 2. The van der Waals surface area contributed by atoms with Crippen molar-refractivity contribution in [2.45, 2.75) is 4.90 Å². The van der Waals surface area contributed by atoms with Crippen LogP contribution in [0.1, 0.15) is 0 Å². The molecule has 0 saturated heterocycles. The SMILES string of the molecule is CSc1cccc(Nc2nc(-c3nnc(-c4ccccc4)o3)nc3ccccc23)c1. The summed E-state index contributed by atoms with van der Waals surface area (Å²) in [5.74, 6) is 1.78. The van der Waals surface area contributed by atoms with Crippen LogP contribution in [0, 0.1) is 0 Å². The largest absolute Gasteiger partial charge is 0.413 e. The van der Waals surface area contributed by atoms with Crippen molar-refractivity contribution < 1.29 is 4.42 Å². The summed E-state index contributed by atoms with van der Waals surface area (Å²) in [6.45, 7) is 0. The molecule has 0 amide bonds. The van der Waals surface area contributed by atoms with Gasteiger partial charge in [-0.3, -0.25) is 0 Å². The van der Waals surface area contributed by atoms with Crippen LogP contribution in [0.15, 0.2) is 88.2 Å². The maximum Gasteiger partial charge on any atom is 0.286 e. The molecule has 0 radical (unpaired) electrons. The summed E-state index contributed by atoms with van der Waals surface area (Å²) in [7, 11) is 0. The lowest BCUT2D eigenvalue weighted by Crippen LogP contribution is -1.99. The van der Waals surface area contributed by atoms with Gasteiger partial charge in [0.2, 0.25) is 11.7 Å². The summed E-state index contributed by atoms with van der Waals surface area (Å²) in [5, 5.41) is 12.7. The van der Waals surface area contributed by atoms with Crippen LogP contribution >= 0.6 is 11.8 Å². The average molecular weight is 411 g/mol. The van der Waals surface area contributed by atoms with Crippen LogP contribution in [0.25, 0.3) is 34.1 Å². The van der Waals surface area contributed by atoms with Gasteiger partial charge in [0, 0.05) is 21.5 Å². The second-order valence-corrected chi connectivity index (χ2v) is 7.43. The molecule has 5 rings (SSSR count). The van der Waals surface area contributed by atoms with E-state index in [-0.39, 0.29) is 5.89 Å². The zero-order valence-electron chi connectivity index (χ0n) is 16.1. The molecule has 0 bridgehead atoms. The van der Waals surface area contributed by atoms with Gasteiger partial charge >= 0.3 is 0 Å². The number of para-hydroxylation sites is 1. The van der Waals surface area contributed by atoms with Gasteiger partial charge in [-0.25, -0.2) is 9.97 Å². The first-order chi connectivity index (χ1) is 14.8. The minimum Gasteiger partial charge on any atom is -0.413 e. The molecule has 0 saturated carbocycles. The predicted molar refractivity (Wildman–Crippen MR) is 120 cm³/mol. The van der Waals surface area contributed by atoms with Crippen molar-refractivity contribution in [2.75, 3.05) is 11.6 Å². The highest BCUT2D eigenvalue weighted by Crippen LogP contribution is 2.29. The van der Waals surface area contributed by atoms with Gasteiger partial charge in [0.05, 0.1) is 5.52 Å². The zero-order chi connectivity index (χ0) is 20.3. The Labute approximate surface area is 177 Å². The highest BCUT2D eigenvalue weighted by Gasteiger charge is 2.16. The molecule has 0 atom stereocenters. The van der Waals surface area contributed by atoms with Gasteiger partial charge in [0.25, 0.3) is 5.89 Å². The fourth-order valence-electron chi connectivity index (χ4n) is 3.12. The van der Waals surface area contributed by atoms with Crippen molar-refractivity contribution in [2.24, 2.45) is 0 Å². The highest BCUT2D eigenvalue weighted by molar-refractivity contribution is 7.98. The third-order valence-corrected chi connectivity index (χ3v) is 5.30. The minimum absolute atomic E-state index is 0.278. The molecule has 2 heterocycles. The Morgan fingerprint density at radius 3 is 2.47 bits per heavy atom.